The molecule has 4 atom stereocenters. The van der Waals surface area contributed by atoms with Crippen LogP contribution in [0, 0.1) is 17.3 Å². The lowest BCUT2D eigenvalue weighted by atomic mass is 9.68. The van der Waals surface area contributed by atoms with Crippen molar-refractivity contribution in [1.29, 1.82) is 0 Å². The molecule has 8 heteroatoms. The molecule has 5 nitrogen and oxygen atoms in total. The van der Waals surface area contributed by atoms with Crippen molar-refractivity contribution in [2.45, 2.75) is 57.7 Å². The number of aliphatic carboxylic acids is 1. The summed E-state index contributed by atoms with van der Waals surface area (Å²) in [5, 5.41) is 11.1. The average molecular weight is 554 g/mol. The van der Waals surface area contributed by atoms with E-state index in [4.69, 9.17) is 0 Å². The van der Waals surface area contributed by atoms with E-state index in [9.17, 15) is 23.1 Å². The van der Waals surface area contributed by atoms with E-state index in [-0.39, 0.29) is 5.92 Å². The molecule has 3 aromatic rings. The lowest BCUT2D eigenvalue weighted by Crippen LogP contribution is -2.50. The van der Waals surface area contributed by atoms with Gasteiger partial charge in [0.05, 0.1) is 11.0 Å². The molecular formula is C32H38F3N3O2. The summed E-state index contributed by atoms with van der Waals surface area (Å²) in [6.07, 6.45) is -0.281. The van der Waals surface area contributed by atoms with Crippen molar-refractivity contribution in [2.24, 2.45) is 17.3 Å². The highest BCUT2D eigenvalue weighted by Crippen LogP contribution is 2.47. The molecule has 2 N–H and O–H groups in total. The fourth-order valence-corrected chi connectivity index (χ4v) is 7.79. The number of carboxylic acid groups (broad SMARTS) is 1. The molecule has 0 saturated carbocycles. The highest BCUT2D eigenvalue weighted by molar-refractivity contribution is 5.86. The number of alkyl halides is 3. The van der Waals surface area contributed by atoms with Crippen LogP contribution in [0.4, 0.5) is 13.2 Å². The van der Waals surface area contributed by atoms with Gasteiger partial charge in [0.2, 0.25) is 0 Å². The smallest absolute Gasteiger partial charge is 0.416 e. The van der Waals surface area contributed by atoms with E-state index in [1.54, 1.807) is 6.07 Å². The molecule has 1 aromatic heterocycles. The Morgan fingerprint density at radius 3 is 2.67 bits per heavy atom. The molecule has 0 spiro atoms. The second-order valence-electron chi connectivity index (χ2n) is 12.4. The van der Waals surface area contributed by atoms with E-state index in [1.807, 2.05) is 18.2 Å². The number of carboxylic acids is 1. The second-order valence-corrected chi connectivity index (χ2v) is 12.4. The molecule has 0 bridgehead atoms. The first kappa shape index (κ1) is 27.3. The Kier molecular flexibility index (Phi) is 7.20. The van der Waals surface area contributed by atoms with E-state index in [0.717, 1.165) is 74.8 Å². The summed E-state index contributed by atoms with van der Waals surface area (Å²) in [6, 6.07) is 14.3. The third-order valence-corrected chi connectivity index (χ3v) is 9.97. The van der Waals surface area contributed by atoms with Gasteiger partial charge in [-0.3, -0.25) is 9.69 Å². The number of nitrogens with one attached hydrogen (secondary N) is 1. The van der Waals surface area contributed by atoms with E-state index in [2.05, 4.69) is 33.8 Å². The number of aromatic amines is 1. The molecule has 2 unspecified atom stereocenters. The Morgan fingerprint density at radius 2 is 1.93 bits per heavy atom. The van der Waals surface area contributed by atoms with Gasteiger partial charge in [-0.15, -0.1) is 0 Å². The van der Waals surface area contributed by atoms with Crippen molar-refractivity contribution in [1.82, 2.24) is 14.8 Å². The fraction of sp³-hybridized carbons (Fsp3) is 0.531. The van der Waals surface area contributed by atoms with Crippen molar-refractivity contribution in [2.75, 3.05) is 32.7 Å². The zero-order chi connectivity index (χ0) is 28.1. The monoisotopic (exact) mass is 553 g/mol. The molecule has 214 valence electrons. The van der Waals surface area contributed by atoms with E-state index in [0.29, 0.717) is 36.6 Å². The van der Waals surface area contributed by atoms with Crippen LogP contribution >= 0.6 is 0 Å². The Balaban J connectivity index is 1.15. The number of rotatable bonds is 6. The van der Waals surface area contributed by atoms with Gasteiger partial charge < -0.3 is 15.0 Å². The fourth-order valence-electron chi connectivity index (χ4n) is 7.79. The summed E-state index contributed by atoms with van der Waals surface area (Å²) in [4.78, 5) is 20.8. The minimum atomic E-state index is -4.36. The maximum absolute atomic E-state index is 13.5. The normalized spacial score (nSPS) is 27.9. The van der Waals surface area contributed by atoms with E-state index in [1.165, 1.54) is 11.6 Å². The van der Waals surface area contributed by atoms with E-state index < -0.39 is 23.1 Å². The minimum Gasteiger partial charge on any atom is -0.481 e. The summed E-state index contributed by atoms with van der Waals surface area (Å²) < 4.78 is 40.4. The number of H-pyrrole nitrogens is 1. The number of halogens is 3. The van der Waals surface area contributed by atoms with E-state index >= 15 is 0 Å². The standard InChI is InChI=1S/C32H38F3N3O2/c1-21-26-19-37(15-12-31(30(39)40)11-5-13-38(20-31)18-22-6-3-2-4-7-22)14-10-23(26)16-28-29(21)25-17-24(32(33,34)35)8-9-27(25)36-28/h2-4,6-9,17,21,23,26,36H,5,10-16,18-20H2,1H3,(H,39,40)/t21-,23?,26-,31?/m1/s1. The number of hydrogen-bond donors (Lipinski definition) is 2. The summed E-state index contributed by atoms with van der Waals surface area (Å²) in [6.45, 7) is 6.94. The molecule has 1 aliphatic carbocycles. The number of likely N-dealkylation sites (tertiary alicyclic amines) is 2. The predicted octanol–water partition coefficient (Wildman–Crippen LogP) is 6.54. The number of piperidine rings is 2. The van der Waals surface area contributed by atoms with Crippen LogP contribution in [0.15, 0.2) is 48.5 Å². The minimum absolute atomic E-state index is 0.137. The summed E-state index contributed by atoms with van der Waals surface area (Å²) in [5.41, 5.74) is 2.75. The van der Waals surface area contributed by atoms with Crippen LogP contribution in [0.25, 0.3) is 10.9 Å². The maximum Gasteiger partial charge on any atom is 0.416 e. The number of aromatic nitrogens is 1. The Labute approximate surface area is 233 Å². The first-order valence-electron chi connectivity index (χ1n) is 14.6. The third-order valence-electron chi connectivity index (χ3n) is 9.97. The molecule has 40 heavy (non-hydrogen) atoms. The van der Waals surface area contributed by atoms with Gasteiger partial charge in [0, 0.05) is 36.2 Å². The highest BCUT2D eigenvalue weighted by atomic mass is 19.4. The summed E-state index contributed by atoms with van der Waals surface area (Å²) >= 11 is 0. The van der Waals surface area contributed by atoms with Crippen molar-refractivity contribution in [3.63, 3.8) is 0 Å². The van der Waals surface area contributed by atoms with Crippen molar-refractivity contribution in [3.05, 3.63) is 70.9 Å². The zero-order valence-electron chi connectivity index (χ0n) is 23.0. The molecule has 2 fully saturated rings. The van der Waals surface area contributed by atoms with Crippen LogP contribution in [0.2, 0.25) is 0 Å². The van der Waals surface area contributed by atoms with Gasteiger partial charge >= 0.3 is 12.1 Å². The van der Waals surface area contributed by atoms with Crippen LogP contribution < -0.4 is 0 Å². The molecule has 3 aliphatic rings. The van der Waals surface area contributed by atoms with Gasteiger partial charge in [-0.1, -0.05) is 37.3 Å². The second kappa shape index (κ2) is 10.5. The molecule has 0 radical (unpaired) electrons. The maximum atomic E-state index is 13.5. The van der Waals surface area contributed by atoms with Gasteiger partial charge in [0.1, 0.15) is 0 Å². The van der Waals surface area contributed by atoms with Gasteiger partial charge in [-0.25, -0.2) is 0 Å². The van der Waals surface area contributed by atoms with Crippen LogP contribution in [0.1, 0.15) is 60.9 Å². The number of carbonyl (C=O) groups is 1. The van der Waals surface area contributed by atoms with Crippen LogP contribution in [0.3, 0.4) is 0 Å². The average Bonchev–Trinajstić information content (AvgIpc) is 3.30. The molecule has 3 heterocycles. The lowest BCUT2D eigenvalue weighted by Gasteiger charge is -2.46. The largest absolute Gasteiger partial charge is 0.481 e. The van der Waals surface area contributed by atoms with Gasteiger partial charge in [-0.2, -0.15) is 13.2 Å². The number of benzene rings is 2. The molecule has 2 saturated heterocycles. The first-order valence-corrected chi connectivity index (χ1v) is 14.6. The lowest BCUT2D eigenvalue weighted by molar-refractivity contribution is -0.154. The van der Waals surface area contributed by atoms with Crippen LogP contribution in [-0.2, 0) is 23.9 Å². The molecule has 0 amide bonds. The topological polar surface area (TPSA) is 59.6 Å². The quantitative estimate of drug-likeness (QED) is 0.364. The van der Waals surface area contributed by atoms with Crippen LogP contribution in [-0.4, -0.2) is 58.6 Å². The Hall–Kier alpha value is -2.84. The zero-order valence-corrected chi connectivity index (χ0v) is 23.0. The van der Waals surface area contributed by atoms with Crippen molar-refractivity contribution >= 4 is 16.9 Å². The number of nitrogens with zero attached hydrogens (tertiary/aromatic N) is 2. The molecule has 6 rings (SSSR count). The van der Waals surface area contributed by atoms with Crippen molar-refractivity contribution in [3.8, 4) is 0 Å². The predicted molar refractivity (Wildman–Crippen MR) is 149 cm³/mol. The first-order chi connectivity index (χ1) is 19.1. The third kappa shape index (κ3) is 5.16. The molecular weight excluding hydrogens is 515 g/mol. The summed E-state index contributed by atoms with van der Waals surface area (Å²) in [7, 11) is 0. The van der Waals surface area contributed by atoms with Gasteiger partial charge in [0.25, 0.3) is 0 Å². The van der Waals surface area contributed by atoms with Gasteiger partial charge in [-0.05, 0) is 98.8 Å². The van der Waals surface area contributed by atoms with Crippen LogP contribution in [0.5, 0.6) is 0 Å². The number of hydrogen-bond acceptors (Lipinski definition) is 3. The highest BCUT2D eigenvalue weighted by Gasteiger charge is 2.44. The number of fused-ring (bicyclic) bond motifs is 4. The molecule has 2 aromatic carbocycles. The van der Waals surface area contributed by atoms with Gasteiger partial charge in [0.15, 0.2) is 0 Å². The SMILES string of the molecule is C[C@H]1c2c([nH]c3ccc(C(F)(F)F)cc23)CC2CCN(CCC3(C(=O)O)CCCN(Cc4ccccc4)C3)C[C@@H]21. The summed E-state index contributed by atoms with van der Waals surface area (Å²) in [5.74, 6) is 0.267. The Bertz CT molecular complexity index is 1370. The Morgan fingerprint density at radius 1 is 1.12 bits per heavy atom. The van der Waals surface area contributed by atoms with Crippen molar-refractivity contribution < 1.29 is 23.1 Å². The molecule has 2 aliphatic heterocycles.